The van der Waals surface area contributed by atoms with E-state index in [0.717, 1.165) is 22.8 Å². The van der Waals surface area contributed by atoms with Crippen LogP contribution in [0.3, 0.4) is 0 Å². The molecule has 0 fully saturated rings. The molecule has 1 heterocycles. The highest BCUT2D eigenvalue weighted by Crippen LogP contribution is 2.11. The second kappa shape index (κ2) is 5.36. The molecule has 1 N–H and O–H groups in total. The van der Waals surface area contributed by atoms with E-state index in [1.54, 1.807) is 6.21 Å². The van der Waals surface area contributed by atoms with Crippen molar-refractivity contribution >= 4 is 11.9 Å². The third-order valence-corrected chi connectivity index (χ3v) is 2.52. The fourth-order valence-electron chi connectivity index (χ4n) is 1.59. The molecular weight excluding hydrogens is 224 g/mol. The Kier molecular flexibility index (Phi) is 3.63. The van der Waals surface area contributed by atoms with Crippen molar-refractivity contribution in [1.29, 1.82) is 0 Å². The molecule has 0 unspecified atom stereocenters. The molecule has 0 aliphatic rings. The largest absolute Gasteiger partial charge is 0.460 e. The monoisotopic (exact) mass is 240 g/mol. The van der Waals surface area contributed by atoms with E-state index < -0.39 is 0 Å². The molecule has 0 amide bonds. The molecular formula is C15H16N2O. The molecule has 0 aliphatic carbocycles. The second-order valence-electron chi connectivity index (χ2n) is 4.17. The standard InChI is InChI=1S/C15H16N2O/c1-11-5-4-6-14(9-11)13(3)17-16-10-15-8-7-12(2)18-15/h4-10,17H,3H2,1-2H3/b16-10+. The lowest BCUT2D eigenvalue weighted by Crippen LogP contribution is -2.03. The molecule has 1 aromatic carbocycles. The quantitative estimate of drug-likeness (QED) is 0.656. The molecule has 0 aliphatic heterocycles. The molecule has 0 spiro atoms. The summed E-state index contributed by atoms with van der Waals surface area (Å²) in [5.41, 5.74) is 5.89. The van der Waals surface area contributed by atoms with Gasteiger partial charge in [-0.2, -0.15) is 5.10 Å². The normalized spacial score (nSPS) is 10.8. The topological polar surface area (TPSA) is 37.5 Å². The summed E-state index contributed by atoms with van der Waals surface area (Å²) in [5, 5.41) is 4.09. The fraction of sp³-hybridized carbons (Fsp3) is 0.133. The minimum Gasteiger partial charge on any atom is -0.460 e. The van der Waals surface area contributed by atoms with Gasteiger partial charge in [0.05, 0.1) is 11.9 Å². The van der Waals surface area contributed by atoms with Gasteiger partial charge >= 0.3 is 0 Å². The third-order valence-electron chi connectivity index (χ3n) is 2.52. The van der Waals surface area contributed by atoms with Crippen molar-refractivity contribution in [2.75, 3.05) is 0 Å². The summed E-state index contributed by atoms with van der Waals surface area (Å²) in [5.74, 6) is 1.59. The van der Waals surface area contributed by atoms with E-state index in [2.05, 4.69) is 23.2 Å². The van der Waals surface area contributed by atoms with E-state index in [0.29, 0.717) is 0 Å². The number of aryl methyl sites for hydroxylation is 2. The summed E-state index contributed by atoms with van der Waals surface area (Å²) in [6.07, 6.45) is 1.63. The maximum absolute atomic E-state index is 5.37. The summed E-state index contributed by atoms with van der Waals surface area (Å²) in [7, 11) is 0. The van der Waals surface area contributed by atoms with Gasteiger partial charge in [-0.25, -0.2) is 0 Å². The fourth-order valence-corrected chi connectivity index (χ4v) is 1.59. The van der Waals surface area contributed by atoms with Crippen LogP contribution in [0.1, 0.15) is 22.6 Å². The van der Waals surface area contributed by atoms with Gasteiger partial charge in [-0.05, 0) is 37.6 Å². The molecule has 0 atom stereocenters. The highest BCUT2D eigenvalue weighted by atomic mass is 16.3. The Bertz CT molecular complexity index is 582. The second-order valence-corrected chi connectivity index (χ2v) is 4.17. The van der Waals surface area contributed by atoms with Crippen LogP contribution in [0.25, 0.3) is 5.70 Å². The smallest absolute Gasteiger partial charge is 0.147 e. The zero-order chi connectivity index (χ0) is 13.0. The Morgan fingerprint density at radius 2 is 2.11 bits per heavy atom. The number of nitrogens with one attached hydrogen (secondary N) is 1. The minimum atomic E-state index is 0.719. The first kappa shape index (κ1) is 12.2. The van der Waals surface area contributed by atoms with Gasteiger partial charge in [-0.15, -0.1) is 0 Å². The van der Waals surface area contributed by atoms with Gasteiger partial charge in [-0.1, -0.05) is 30.3 Å². The molecule has 2 aromatic rings. The molecule has 0 bridgehead atoms. The van der Waals surface area contributed by atoms with Crippen molar-refractivity contribution in [2.45, 2.75) is 13.8 Å². The summed E-state index contributed by atoms with van der Waals surface area (Å²) in [4.78, 5) is 0. The van der Waals surface area contributed by atoms with Gasteiger partial charge in [0, 0.05) is 0 Å². The van der Waals surface area contributed by atoms with E-state index in [4.69, 9.17) is 4.42 Å². The zero-order valence-corrected chi connectivity index (χ0v) is 10.6. The summed E-state index contributed by atoms with van der Waals surface area (Å²) >= 11 is 0. The number of hydrogen-bond donors (Lipinski definition) is 1. The van der Waals surface area contributed by atoms with Crippen molar-refractivity contribution < 1.29 is 4.42 Å². The van der Waals surface area contributed by atoms with Crippen molar-refractivity contribution in [2.24, 2.45) is 5.10 Å². The molecule has 18 heavy (non-hydrogen) atoms. The molecule has 3 heteroatoms. The van der Waals surface area contributed by atoms with Crippen LogP contribution in [0.5, 0.6) is 0 Å². The van der Waals surface area contributed by atoms with E-state index in [-0.39, 0.29) is 0 Å². The highest BCUT2D eigenvalue weighted by molar-refractivity contribution is 5.76. The van der Waals surface area contributed by atoms with Gasteiger partial charge in [0.15, 0.2) is 0 Å². The van der Waals surface area contributed by atoms with Crippen LogP contribution in [0, 0.1) is 13.8 Å². The van der Waals surface area contributed by atoms with Crippen LogP contribution >= 0.6 is 0 Å². The van der Waals surface area contributed by atoms with Crippen molar-refractivity contribution in [3.63, 3.8) is 0 Å². The molecule has 0 saturated carbocycles. The molecule has 1 aromatic heterocycles. The predicted octanol–water partition coefficient (Wildman–Crippen LogP) is 3.49. The average molecular weight is 240 g/mol. The summed E-state index contributed by atoms with van der Waals surface area (Å²) in [6, 6.07) is 11.9. The van der Waals surface area contributed by atoms with Gasteiger partial charge < -0.3 is 4.42 Å². The molecule has 0 radical (unpaired) electrons. The zero-order valence-electron chi connectivity index (χ0n) is 10.6. The maximum atomic E-state index is 5.37. The molecule has 2 rings (SSSR count). The molecule has 0 saturated heterocycles. The summed E-state index contributed by atoms with van der Waals surface area (Å²) < 4.78 is 5.37. The molecule has 92 valence electrons. The predicted molar refractivity (Wildman–Crippen MR) is 74.4 cm³/mol. The van der Waals surface area contributed by atoms with Gasteiger partial charge in [0.25, 0.3) is 0 Å². The number of rotatable bonds is 4. The van der Waals surface area contributed by atoms with Crippen LogP contribution in [-0.4, -0.2) is 6.21 Å². The Labute approximate surface area is 107 Å². The van der Waals surface area contributed by atoms with Crippen LogP contribution < -0.4 is 5.43 Å². The Morgan fingerprint density at radius 1 is 1.28 bits per heavy atom. The van der Waals surface area contributed by atoms with Crippen LogP contribution in [0.4, 0.5) is 0 Å². The van der Waals surface area contributed by atoms with Crippen LogP contribution in [0.2, 0.25) is 0 Å². The van der Waals surface area contributed by atoms with Gasteiger partial charge in [0.2, 0.25) is 0 Å². The Balaban J connectivity index is 1.98. The Hall–Kier alpha value is -2.29. The molecule has 3 nitrogen and oxygen atoms in total. The number of benzene rings is 1. The van der Waals surface area contributed by atoms with E-state index in [1.165, 1.54) is 5.56 Å². The average Bonchev–Trinajstić information content (AvgIpc) is 2.75. The number of furan rings is 1. The number of nitrogens with zero attached hydrogens (tertiary/aromatic N) is 1. The number of hydrazone groups is 1. The highest BCUT2D eigenvalue weighted by Gasteiger charge is 1.97. The lowest BCUT2D eigenvalue weighted by Gasteiger charge is -2.05. The lowest BCUT2D eigenvalue weighted by atomic mass is 10.1. The van der Waals surface area contributed by atoms with Gasteiger partial charge in [0.1, 0.15) is 11.5 Å². The van der Waals surface area contributed by atoms with Crippen LogP contribution in [-0.2, 0) is 0 Å². The van der Waals surface area contributed by atoms with E-state index >= 15 is 0 Å². The summed E-state index contributed by atoms with van der Waals surface area (Å²) in [6.45, 7) is 7.89. The van der Waals surface area contributed by atoms with Crippen molar-refractivity contribution in [1.82, 2.24) is 5.43 Å². The van der Waals surface area contributed by atoms with Crippen molar-refractivity contribution in [3.8, 4) is 0 Å². The minimum absolute atomic E-state index is 0.719. The van der Waals surface area contributed by atoms with Crippen molar-refractivity contribution in [3.05, 3.63) is 65.6 Å². The van der Waals surface area contributed by atoms with E-state index in [9.17, 15) is 0 Å². The first-order valence-electron chi connectivity index (χ1n) is 5.76. The third kappa shape index (κ3) is 3.10. The number of hydrogen-bond acceptors (Lipinski definition) is 3. The van der Waals surface area contributed by atoms with Gasteiger partial charge in [-0.3, -0.25) is 5.43 Å². The first-order chi connectivity index (χ1) is 8.65. The first-order valence-corrected chi connectivity index (χ1v) is 5.76. The lowest BCUT2D eigenvalue weighted by molar-refractivity contribution is 0.527. The Morgan fingerprint density at radius 3 is 2.78 bits per heavy atom. The van der Waals surface area contributed by atoms with E-state index in [1.807, 2.05) is 44.2 Å². The SMILES string of the molecule is C=C(N/N=C/c1ccc(C)o1)c1cccc(C)c1. The maximum Gasteiger partial charge on any atom is 0.147 e. The van der Waals surface area contributed by atoms with Crippen LogP contribution in [0.15, 0.2) is 52.5 Å².